The van der Waals surface area contributed by atoms with E-state index in [-0.39, 0.29) is 0 Å². The zero-order valence-electron chi connectivity index (χ0n) is 11.1. The predicted molar refractivity (Wildman–Crippen MR) is 76.9 cm³/mol. The van der Waals surface area contributed by atoms with Gasteiger partial charge in [0.25, 0.3) is 0 Å². The highest BCUT2D eigenvalue weighted by Crippen LogP contribution is 2.41. The number of hydrogen-bond donors (Lipinski definition) is 1. The summed E-state index contributed by atoms with van der Waals surface area (Å²) in [6, 6.07) is 3.81. The Morgan fingerprint density at radius 3 is 3.10 bits per heavy atom. The Labute approximate surface area is 121 Å². The van der Waals surface area contributed by atoms with Crippen molar-refractivity contribution < 1.29 is 4.74 Å². The third-order valence-corrected chi connectivity index (χ3v) is 4.19. The van der Waals surface area contributed by atoms with Crippen LogP contribution in [0, 0.1) is 11.3 Å². The Hall–Kier alpha value is -2.13. The zero-order valence-corrected chi connectivity index (χ0v) is 11.9. The maximum atomic E-state index is 9.02. The molecular formula is C14H14N4OS. The largest absolute Gasteiger partial charge is 0.480 e. The van der Waals surface area contributed by atoms with Crippen molar-refractivity contribution in [3.05, 3.63) is 33.9 Å². The third-order valence-electron chi connectivity index (χ3n) is 3.13. The minimum absolute atomic E-state index is 0.350. The van der Waals surface area contributed by atoms with Gasteiger partial charge in [-0.3, -0.25) is 0 Å². The summed E-state index contributed by atoms with van der Waals surface area (Å²) in [6.07, 6.45) is 4.20. The van der Waals surface area contributed by atoms with Crippen molar-refractivity contribution in [1.29, 1.82) is 5.26 Å². The second-order valence-electron chi connectivity index (χ2n) is 4.70. The lowest BCUT2D eigenvalue weighted by Gasteiger charge is -2.06. The molecule has 0 radical (unpaired) electrons. The first kappa shape index (κ1) is 12.9. The van der Waals surface area contributed by atoms with Crippen LogP contribution in [0.3, 0.4) is 0 Å². The van der Waals surface area contributed by atoms with E-state index < -0.39 is 0 Å². The average Bonchev–Trinajstić information content (AvgIpc) is 3.23. The molecule has 2 aromatic rings. The summed E-state index contributed by atoms with van der Waals surface area (Å²) in [6.45, 7) is 0.641. The molecule has 0 bridgehead atoms. The van der Waals surface area contributed by atoms with Crippen LogP contribution in [0.15, 0.2) is 17.6 Å². The van der Waals surface area contributed by atoms with Crippen molar-refractivity contribution in [3.8, 4) is 11.9 Å². The molecular weight excluding hydrogens is 272 g/mol. The second kappa shape index (κ2) is 5.47. The highest BCUT2D eigenvalue weighted by Gasteiger charge is 2.26. The Morgan fingerprint density at radius 2 is 2.40 bits per heavy atom. The zero-order chi connectivity index (χ0) is 13.9. The number of rotatable bonds is 5. The van der Waals surface area contributed by atoms with Crippen LogP contribution >= 0.6 is 11.3 Å². The van der Waals surface area contributed by atoms with Crippen LogP contribution in [0.2, 0.25) is 0 Å². The predicted octanol–water partition coefficient (Wildman–Crippen LogP) is 2.91. The topological polar surface area (TPSA) is 70.8 Å². The van der Waals surface area contributed by atoms with E-state index >= 15 is 0 Å². The molecule has 6 heteroatoms. The molecule has 102 valence electrons. The molecule has 2 heterocycles. The van der Waals surface area contributed by atoms with Gasteiger partial charge in [0, 0.05) is 11.3 Å². The lowest BCUT2D eigenvalue weighted by molar-refractivity contribution is 0.396. The van der Waals surface area contributed by atoms with E-state index in [2.05, 4.69) is 26.7 Å². The van der Waals surface area contributed by atoms with Gasteiger partial charge in [-0.15, -0.1) is 11.3 Å². The maximum Gasteiger partial charge on any atom is 0.231 e. The van der Waals surface area contributed by atoms with Gasteiger partial charge >= 0.3 is 0 Å². The number of nitriles is 1. The number of ether oxygens (including phenoxy) is 1. The van der Waals surface area contributed by atoms with Crippen molar-refractivity contribution in [2.45, 2.75) is 25.3 Å². The molecule has 0 unspecified atom stereocenters. The summed E-state index contributed by atoms with van der Waals surface area (Å²) in [4.78, 5) is 8.71. The number of anilines is 1. The van der Waals surface area contributed by atoms with Crippen LogP contribution in [0.25, 0.3) is 0 Å². The van der Waals surface area contributed by atoms with Gasteiger partial charge < -0.3 is 10.1 Å². The maximum absolute atomic E-state index is 9.02. The standard InChI is InChI=1S/C14H14N4OS/c1-19-13-10(5-15)4-11(6-17-13)16-7-12-8-20-14(18-12)9-2-3-9/h4,6,8-9,16H,2-3,7H2,1H3. The fourth-order valence-electron chi connectivity index (χ4n) is 1.91. The van der Waals surface area contributed by atoms with Gasteiger partial charge in [0.1, 0.15) is 11.6 Å². The van der Waals surface area contributed by atoms with Gasteiger partial charge in [0.2, 0.25) is 5.88 Å². The van der Waals surface area contributed by atoms with E-state index in [9.17, 15) is 0 Å². The van der Waals surface area contributed by atoms with Crippen molar-refractivity contribution in [1.82, 2.24) is 9.97 Å². The molecule has 1 aliphatic carbocycles. The molecule has 5 nitrogen and oxygen atoms in total. The number of methoxy groups -OCH3 is 1. The second-order valence-corrected chi connectivity index (χ2v) is 5.59. The first-order valence-corrected chi connectivity index (χ1v) is 7.30. The molecule has 0 aliphatic heterocycles. The normalized spacial score (nSPS) is 13.8. The Morgan fingerprint density at radius 1 is 1.55 bits per heavy atom. The van der Waals surface area contributed by atoms with E-state index in [1.807, 2.05) is 0 Å². The van der Waals surface area contributed by atoms with Crippen molar-refractivity contribution in [3.63, 3.8) is 0 Å². The molecule has 2 aromatic heterocycles. The molecule has 1 aliphatic rings. The smallest absolute Gasteiger partial charge is 0.231 e. The van der Waals surface area contributed by atoms with E-state index in [0.29, 0.717) is 23.9 Å². The lowest BCUT2D eigenvalue weighted by Crippen LogP contribution is -2.02. The van der Waals surface area contributed by atoms with Gasteiger partial charge in [-0.05, 0) is 18.9 Å². The van der Waals surface area contributed by atoms with Crippen LogP contribution < -0.4 is 10.1 Å². The van der Waals surface area contributed by atoms with Crippen LogP contribution in [-0.4, -0.2) is 17.1 Å². The Balaban J connectivity index is 1.66. The average molecular weight is 286 g/mol. The van der Waals surface area contributed by atoms with Gasteiger partial charge in [-0.2, -0.15) is 5.26 Å². The minimum atomic E-state index is 0.350. The van der Waals surface area contributed by atoms with E-state index in [1.165, 1.54) is 25.0 Å². The Bertz CT molecular complexity index is 657. The highest BCUT2D eigenvalue weighted by atomic mass is 32.1. The van der Waals surface area contributed by atoms with Crippen LogP contribution in [0.5, 0.6) is 5.88 Å². The lowest BCUT2D eigenvalue weighted by atomic mass is 10.2. The summed E-state index contributed by atoms with van der Waals surface area (Å²) in [5, 5.41) is 15.6. The Kier molecular flexibility index (Phi) is 3.52. The van der Waals surface area contributed by atoms with Gasteiger partial charge in [0.05, 0.1) is 36.2 Å². The minimum Gasteiger partial charge on any atom is -0.480 e. The van der Waals surface area contributed by atoms with Crippen molar-refractivity contribution in [2.75, 3.05) is 12.4 Å². The van der Waals surface area contributed by atoms with Crippen molar-refractivity contribution in [2.24, 2.45) is 0 Å². The molecule has 0 spiro atoms. The molecule has 0 saturated heterocycles. The van der Waals surface area contributed by atoms with E-state index in [1.54, 1.807) is 23.6 Å². The molecule has 0 atom stereocenters. The first-order valence-electron chi connectivity index (χ1n) is 6.42. The van der Waals surface area contributed by atoms with E-state index in [0.717, 1.165) is 11.4 Å². The highest BCUT2D eigenvalue weighted by molar-refractivity contribution is 7.09. The summed E-state index contributed by atoms with van der Waals surface area (Å²) in [5.41, 5.74) is 2.25. The quantitative estimate of drug-likeness (QED) is 0.915. The molecule has 0 amide bonds. The van der Waals surface area contributed by atoms with E-state index in [4.69, 9.17) is 10.00 Å². The molecule has 3 rings (SSSR count). The van der Waals surface area contributed by atoms with Crippen LogP contribution in [-0.2, 0) is 6.54 Å². The number of pyridine rings is 1. The fraction of sp³-hybridized carbons (Fsp3) is 0.357. The fourth-order valence-corrected chi connectivity index (χ4v) is 2.90. The molecule has 1 fully saturated rings. The molecule has 0 aromatic carbocycles. The number of aromatic nitrogens is 2. The van der Waals surface area contributed by atoms with Gasteiger partial charge in [0.15, 0.2) is 0 Å². The van der Waals surface area contributed by atoms with Crippen molar-refractivity contribution >= 4 is 17.0 Å². The number of nitrogens with zero attached hydrogens (tertiary/aromatic N) is 3. The first-order chi connectivity index (χ1) is 9.80. The molecule has 1 N–H and O–H groups in total. The van der Waals surface area contributed by atoms with Crippen LogP contribution in [0.1, 0.15) is 35.0 Å². The summed E-state index contributed by atoms with van der Waals surface area (Å²) in [7, 11) is 1.50. The SMILES string of the molecule is COc1ncc(NCc2csc(C3CC3)n2)cc1C#N. The summed E-state index contributed by atoms with van der Waals surface area (Å²) >= 11 is 1.73. The third kappa shape index (κ3) is 2.73. The van der Waals surface area contributed by atoms with Gasteiger partial charge in [-0.1, -0.05) is 0 Å². The van der Waals surface area contributed by atoms with Crippen LogP contribution in [0.4, 0.5) is 5.69 Å². The summed E-state index contributed by atoms with van der Waals surface area (Å²) in [5.74, 6) is 1.05. The molecule has 1 saturated carbocycles. The monoisotopic (exact) mass is 286 g/mol. The number of thiazole rings is 1. The summed E-state index contributed by atoms with van der Waals surface area (Å²) < 4.78 is 5.02. The molecule has 20 heavy (non-hydrogen) atoms. The van der Waals surface area contributed by atoms with Gasteiger partial charge in [-0.25, -0.2) is 9.97 Å². The number of hydrogen-bond acceptors (Lipinski definition) is 6. The number of nitrogens with one attached hydrogen (secondary N) is 1.